The highest BCUT2D eigenvalue weighted by Crippen LogP contribution is 2.42. The van der Waals surface area contributed by atoms with Crippen molar-refractivity contribution in [2.24, 2.45) is 5.73 Å². The monoisotopic (exact) mass is 340 g/mol. The van der Waals surface area contributed by atoms with Crippen molar-refractivity contribution in [1.29, 1.82) is 0 Å². The van der Waals surface area contributed by atoms with Gasteiger partial charge >= 0.3 is 0 Å². The van der Waals surface area contributed by atoms with Gasteiger partial charge in [0.15, 0.2) is 11.5 Å². The molecule has 0 saturated heterocycles. The lowest BCUT2D eigenvalue weighted by Crippen LogP contribution is -2.35. The first-order valence-electron chi connectivity index (χ1n) is 7.29. The standard InChI is InChI=1S/C15H21BrN2O2/c1-2-18(11-3-4-11)13(9-17)10-7-12(16)15-14(8-10)19-5-6-20-15/h7-8,11,13H,2-6,9,17H2,1H3. The van der Waals surface area contributed by atoms with Crippen LogP contribution in [0.5, 0.6) is 11.5 Å². The van der Waals surface area contributed by atoms with Gasteiger partial charge in [-0.2, -0.15) is 0 Å². The first kappa shape index (κ1) is 14.2. The van der Waals surface area contributed by atoms with E-state index in [9.17, 15) is 0 Å². The summed E-state index contributed by atoms with van der Waals surface area (Å²) in [7, 11) is 0. The topological polar surface area (TPSA) is 47.7 Å². The van der Waals surface area contributed by atoms with E-state index < -0.39 is 0 Å². The molecule has 3 rings (SSSR count). The van der Waals surface area contributed by atoms with Crippen molar-refractivity contribution < 1.29 is 9.47 Å². The van der Waals surface area contributed by atoms with Crippen LogP contribution < -0.4 is 15.2 Å². The molecule has 1 fully saturated rings. The smallest absolute Gasteiger partial charge is 0.175 e. The Bertz CT molecular complexity index is 491. The Morgan fingerprint density at radius 3 is 2.75 bits per heavy atom. The molecule has 110 valence electrons. The number of likely N-dealkylation sites (N-methyl/N-ethyl adjacent to an activating group) is 1. The first-order chi connectivity index (χ1) is 9.74. The molecule has 1 aromatic rings. The van der Waals surface area contributed by atoms with Crippen molar-refractivity contribution in [3.8, 4) is 11.5 Å². The quantitative estimate of drug-likeness (QED) is 0.895. The van der Waals surface area contributed by atoms with Gasteiger partial charge in [-0.1, -0.05) is 6.92 Å². The minimum absolute atomic E-state index is 0.250. The van der Waals surface area contributed by atoms with Gasteiger partial charge in [0.2, 0.25) is 0 Å². The first-order valence-corrected chi connectivity index (χ1v) is 8.08. The Kier molecular flexibility index (Phi) is 4.19. The fourth-order valence-electron chi connectivity index (χ4n) is 2.93. The Balaban J connectivity index is 1.93. The molecule has 2 N–H and O–H groups in total. The zero-order chi connectivity index (χ0) is 14.1. The number of halogens is 1. The lowest BCUT2D eigenvalue weighted by molar-refractivity contribution is 0.168. The van der Waals surface area contributed by atoms with Gasteiger partial charge in [-0.05, 0) is 53.0 Å². The SMILES string of the molecule is CCN(C1CC1)C(CN)c1cc(Br)c2c(c1)OCCO2. The second kappa shape index (κ2) is 5.92. The van der Waals surface area contributed by atoms with Crippen LogP contribution in [0.2, 0.25) is 0 Å². The van der Waals surface area contributed by atoms with Crippen molar-refractivity contribution in [3.63, 3.8) is 0 Å². The molecule has 0 aromatic heterocycles. The zero-order valence-corrected chi connectivity index (χ0v) is 13.4. The van der Waals surface area contributed by atoms with Crippen LogP contribution >= 0.6 is 15.9 Å². The molecule has 1 aliphatic carbocycles. The molecule has 1 aliphatic heterocycles. The number of nitrogens with zero attached hydrogens (tertiary/aromatic N) is 1. The summed E-state index contributed by atoms with van der Waals surface area (Å²) in [5, 5.41) is 0. The lowest BCUT2D eigenvalue weighted by Gasteiger charge is -2.31. The number of benzene rings is 1. The lowest BCUT2D eigenvalue weighted by atomic mass is 10.0. The molecule has 1 unspecified atom stereocenters. The second-order valence-electron chi connectivity index (χ2n) is 5.34. The maximum Gasteiger partial charge on any atom is 0.175 e. The van der Waals surface area contributed by atoms with Crippen molar-refractivity contribution in [1.82, 2.24) is 4.90 Å². The van der Waals surface area contributed by atoms with Crippen LogP contribution in [-0.4, -0.2) is 37.2 Å². The molecule has 0 spiro atoms. The fourth-order valence-corrected chi connectivity index (χ4v) is 3.50. The van der Waals surface area contributed by atoms with Crippen molar-refractivity contribution in [2.75, 3.05) is 26.3 Å². The molecule has 1 atom stereocenters. The van der Waals surface area contributed by atoms with Crippen LogP contribution in [-0.2, 0) is 0 Å². The molecule has 0 bridgehead atoms. The van der Waals surface area contributed by atoms with E-state index in [1.54, 1.807) is 0 Å². The van der Waals surface area contributed by atoms with Gasteiger partial charge in [-0.15, -0.1) is 0 Å². The molecular weight excluding hydrogens is 320 g/mol. The summed E-state index contributed by atoms with van der Waals surface area (Å²) in [5.74, 6) is 1.64. The largest absolute Gasteiger partial charge is 0.486 e. The Labute approximate surface area is 128 Å². The van der Waals surface area contributed by atoms with E-state index in [1.165, 1.54) is 18.4 Å². The van der Waals surface area contributed by atoms with Crippen LogP contribution in [0, 0.1) is 0 Å². The average molecular weight is 341 g/mol. The van der Waals surface area contributed by atoms with E-state index in [0.29, 0.717) is 25.8 Å². The van der Waals surface area contributed by atoms with Crippen molar-refractivity contribution in [2.45, 2.75) is 31.8 Å². The third-order valence-corrected chi connectivity index (χ3v) is 4.60. The summed E-state index contributed by atoms with van der Waals surface area (Å²) in [6.45, 7) is 5.06. The van der Waals surface area contributed by atoms with Gasteiger partial charge in [0.05, 0.1) is 4.47 Å². The Morgan fingerprint density at radius 2 is 2.10 bits per heavy atom. The molecule has 0 radical (unpaired) electrons. The highest BCUT2D eigenvalue weighted by molar-refractivity contribution is 9.10. The highest BCUT2D eigenvalue weighted by atomic mass is 79.9. The summed E-state index contributed by atoms with van der Waals surface area (Å²) in [5.41, 5.74) is 7.25. The predicted octanol–water partition coefficient (Wildman–Crippen LogP) is 2.70. The van der Waals surface area contributed by atoms with E-state index in [4.69, 9.17) is 15.2 Å². The number of hydrogen-bond acceptors (Lipinski definition) is 4. The molecule has 4 nitrogen and oxygen atoms in total. The summed E-state index contributed by atoms with van der Waals surface area (Å²) in [6, 6.07) is 5.15. The number of ether oxygens (including phenoxy) is 2. The molecule has 0 amide bonds. The number of hydrogen-bond donors (Lipinski definition) is 1. The summed E-state index contributed by atoms with van der Waals surface area (Å²) in [4.78, 5) is 2.50. The molecule has 2 aliphatic rings. The van der Waals surface area contributed by atoms with E-state index in [2.05, 4.69) is 39.9 Å². The van der Waals surface area contributed by atoms with Crippen molar-refractivity contribution in [3.05, 3.63) is 22.2 Å². The van der Waals surface area contributed by atoms with E-state index in [1.807, 2.05) is 0 Å². The van der Waals surface area contributed by atoms with Crippen LogP contribution in [0.4, 0.5) is 0 Å². The Hall–Kier alpha value is -0.780. The van der Waals surface area contributed by atoms with Crippen LogP contribution in [0.3, 0.4) is 0 Å². The fraction of sp³-hybridized carbons (Fsp3) is 0.600. The molecular formula is C15H21BrN2O2. The van der Waals surface area contributed by atoms with E-state index in [-0.39, 0.29) is 6.04 Å². The van der Waals surface area contributed by atoms with Gasteiger partial charge in [0.1, 0.15) is 13.2 Å². The third kappa shape index (κ3) is 2.67. The van der Waals surface area contributed by atoms with Crippen LogP contribution in [0.1, 0.15) is 31.4 Å². The summed E-state index contributed by atoms with van der Waals surface area (Å²) < 4.78 is 12.3. The van der Waals surface area contributed by atoms with Crippen LogP contribution in [0.15, 0.2) is 16.6 Å². The molecule has 1 aromatic carbocycles. The summed E-state index contributed by atoms with van der Waals surface area (Å²) >= 11 is 3.59. The summed E-state index contributed by atoms with van der Waals surface area (Å²) in [6.07, 6.45) is 2.58. The normalized spacial score (nSPS) is 19.2. The molecule has 1 heterocycles. The third-order valence-electron chi connectivity index (χ3n) is 4.01. The van der Waals surface area contributed by atoms with Gasteiger partial charge in [-0.3, -0.25) is 4.90 Å². The Morgan fingerprint density at radius 1 is 1.35 bits per heavy atom. The van der Waals surface area contributed by atoms with Gasteiger partial charge in [0, 0.05) is 18.6 Å². The number of rotatable bonds is 5. The minimum atomic E-state index is 0.250. The van der Waals surface area contributed by atoms with Gasteiger partial charge < -0.3 is 15.2 Å². The van der Waals surface area contributed by atoms with Crippen molar-refractivity contribution >= 4 is 15.9 Å². The second-order valence-corrected chi connectivity index (χ2v) is 6.19. The molecule has 5 heteroatoms. The molecule has 20 heavy (non-hydrogen) atoms. The zero-order valence-electron chi connectivity index (χ0n) is 11.8. The van der Waals surface area contributed by atoms with Gasteiger partial charge in [0.25, 0.3) is 0 Å². The number of nitrogens with two attached hydrogens (primary N) is 1. The van der Waals surface area contributed by atoms with E-state index in [0.717, 1.165) is 22.5 Å². The maximum atomic E-state index is 6.04. The van der Waals surface area contributed by atoms with Crippen LogP contribution in [0.25, 0.3) is 0 Å². The highest BCUT2D eigenvalue weighted by Gasteiger charge is 2.33. The minimum Gasteiger partial charge on any atom is -0.486 e. The van der Waals surface area contributed by atoms with Gasteiger partial charge in [-0.25, -0.2) is 0 Å². The van der Waals surface area contributed by atoms with E-state index >= 15 is 0 Å². The molecule has 1 saturated carbocycles. The average Bonchev–Trinajstić information content (AvgIpc) is 3.29. The maximum absolute atomic E-state index is 6.04. The number of fused-ring (bicyclic) bond motifs is 1. The predicted molar refractivity (Wildman–Crippen MR) is 82.3 cm³/mol.